The first-order valence-corrected chi connectivity index (χ1v) is 11.9. The molecular weight excluding hydrogens is 462 g/mol. The third-order valence-corrected chi connectivity index (χ3v) is 7.51. The molecule has 0 bridgehead atoms. The average Bonchev–Trinajstić information content (AvgIpc) is 3.25. The first-order valence-electron chi connectivity index (χ1n) is 10.5. The summed E-state index contributed by atoms with van der Waals surface area (Å²) in [7, 11) is -2.70. The van der Waals surface area contributed by atoms with E-state index in [0.717, 1.165) is 17.4 Å². The first-order chi connectivity index (χ1) is 16.2. The van der Waals surface area contributed by atoms with E-state index in [-0.39, 0.29) is 48.4 Å². The number of carbonyl (C=O) groups excluding carboxylic acids is 1. The van der Waals surface area contributed by atoms with Gasteiger partial charge in [0.1, 0.15) is 0 Å². The first kappa shape index (κ1) is 23.4. The van der Waals surface area contributed by atoms with Gasteiger partial charge < -0.3 is 9.64 Å². The van der Waals surface area contributed by atoms with Crippen LogP contribution in [0.2, 0.25) is 0 Å². The summed E-state index contributed by atoms with van der Waals surface area (Å²) in [5, 5.41) is 15.7. The zero-order chi connectivity index (χ0) is 24.5. The lowest BCUT2D eigenvalue weighted by molar-refractivity contribution is -0.386. The minimum Gasteiger partial charge on any atom is -0.490 e. The van der Waals surface area contributed by atoms with Gasteiger partial charge in [0.15, 0.2) is 11.4 Å². The summed E-state index contributed by atoms with van der Waals surface area (Å²) in [6.45, 7) is 2.33. The summed E-state index contributed by atoms with van der Waals surface area (Å²) < 4.78 is 34.0. The normalized spacial score (nSPS) is 14.7. The highest BCUT2D eigenvalue weighted by Crippen LogP contribution is 2.31. The third-order valence-electron chi connectivity index (χ3n) is 5.62. The average molecular weight is 486 g/mol. The number of benzene rings is 2. The molecule has 1 saturated heterocycles. The number of ether oxygens (including phenoxy) is 1. The summed E-state index contributed by atoms with van der Waals surface area (Å²) in [4.78, 5) is 24.9. The van der Waals surface area contributed by atoms with Crippen LogP contribution in [0.1, 0.15) is 16.2 Å². The highest BCUT2D eigenvalue weighted by atomic mass is 32.2. The van der Waals surface area contributed by atoms with Crippen LogP contribution >= 0.6 is 0 Å². The lowest BCUT2D eigenvalue weighted by Gasteiger charge is -2.33. The van der Waals surface area contributed by atoms with E-state index in [0.29, 0.717) is 0 Å². The molecule has 1 aliphatic heterocycles. The molecule has 2 heterocycles. The highest BCUT2D eigenvalue weighted by Gasteiger charge is 2.32. The van der Waals surface area contributed by atoms with E-state index in [1.165, 1.54) is 23.5 Å². The van der Waals surface area contributed by atoms with Gasteiger partial charge in [0.25, 0.3) is 5.91 Å². The molecule has 0 radical (unpaired) electrons. The third kappa shape index (κ3) is 4.37. The molecule has 0 saturated carbocycles. The fourth-order valence-corrected chi connectivity index (χ4v) is 5.27. The maximum absolute atomic E-state index is 13.1. The van der Waals surface area contributed by atoms with Crippen molar-refractivity contribution in [2.75, 3.05) is 33.3 Å². The summed E-state index contributed by atoms with van der Waals surface area (Å²) in [5.74, 6) is -0.306. The molecule has 2 aromatic carbocycles. The molecule has 0 spiro atoms. The van der Waals surface area contributed by atoms with E-state index in [1.807, 2.05) is 37.3 Å². The Morgan fingerprint density at radius 1 is 1.06 bits per heavy atom. The molecule has 1 aromatic heterocycles. The van der Waals surface area contributed by atoms with Crippen molar-refractivity contribution in [3.63, 3.8) is 0 Å². The fraction of sp³-hybridized carbons (Fsp3) is 0.273. The number of para-hydroxylation sites is 1. The maximum Gasteiger partial charge on any atom is 0.312 e. The number of hydrogen-bond acceptors (Lipinski definition) is 7. The molecule has 1 aliphatic rings. The Morgan fingerprint density at radius 2 is 1.74 bits per heavy atom. The molecule has 3 aromatic rings. The molecule has 0 atom stereocenters. The van der Waals surface area contributed by atoms with Crippen LogP contribution in [0.4, 0.5) is 5.69 Å². The Hall–Kier alpha value is -3.77. The van der Waals surface area contributed by atoms with Gasteiger partial charge in [0.2, 0.25) is 10.0 Å². The van der Waals surface area contributed by atoms with Crippen molar-refractivity contribution in [3.8, 4) is 11.4 Å². The number of amides is 1. The van der Waals surface area contributed by atoms with E-state index in [9.17, 15) is 23.3 Å². The number of nitro benzene ring substituents is 1. The predicted octanol–water partition coefficient (Wildman–Crippen LogP) is 2.24. The number of piperazine rings is 1. The summed E-state index contributed by atoms with van der Waals surface area (Å²) in [6.07, 6.45) is 0. The number of rotatable bonds is 6. The van der Waals surface area contributed by atoms with E-state index in [2.05, 4.69) is 5.10 Å². The number of methoxy groups -OCH3 is 1. The van der Waals surface area contributed by atoms with Crippen molar-refractivity contribution in [1.29, 1.82) is 0 Å². The zero-order valence-electron chi connectivity index (χ0n) is 18.6. The Kier molecular flexibility index (Phi) is 6.35. The molecule has 11 nitrogen and oxygen atoms in total. The second-order valence-electron chi connectivity index (χ2n) is 7.71. The standard InChI is InChI=1S/C22H23N5O6S/c1-16-14-19(23-26(16)17-6-4-3-5-7-17)22(28)24-10-12-25(13-11-24)34(31,32)18-8-9-21(33-2)20(15-18)27(29)30/h3-9,14-15H,10-13H2,1-2H3. The number of aromatic nitrogens is 2. The maximum atomic E-state index is 13.1. The quantitative estimate of drug-likeness (QED) is 0.387. The van der Waals surface area contributed by atoms with Gasteiger partial charge in [-0.1, -0.05) is 18.2 Å². The van der Waals surface area contributed by atoms with Crippen molar-refractivity contribution in [1.82, 2.24) is 19.0 Å². The highest BCUT2D eigenvalue weighted by molar-refractivity contribution is 7.89. The number of nitrogens with zero attached hydrogens (tertiary/aromatic N) is 5. The van der Waals surface area contributed by atoms with Crippen LogP contribution in [0.15, 0.2) is 59.5 Å². The minimum absolute atomic E-state index is 0.0235. The molecular formula is C22H23N5O6S. The van der Waals surface area contributed by atoms with E-state index < -0.39 is 20.6 Å². The molecule has 1 amide bonds. The Balaban J connectivity index is 1.48. The summed E-state index contributed by atoms with van der Waals surface area (Å²) in [6, 6.07) is 14.7. The topological polar surface area (TPSA) is 128 Å². The summed E-state index contributed by atoms with van der Waals surface area (Å²) in [5.41, 5.74) is 1.49. The van der Waals surface area contributed by atoms with Crippen molar-refractivity contribution >= 4 is 21.6 Å². The number of aryl methyl sites for hydroxylation is 1. The van der Waals surface area contributed by atoms with E-state index in [1.54, 1.807) is 15.6 Å². The van der Waals surface area contributed by atoms with Gasteiger partial charge in [-0.2, -0.15) is 9.40 Å². The molecule has 0 aliphatic carbocycles. The second kappa shape index (κ2) is 9.23. The van der Waals surface area contributed by atoms with Crippen LogP contribution in [0.5, 0.6) is 5.75 Å². The number of carbonyl (C=O) groups is 1. The van der Waals surface area contributed by atoms with E-state index in [4.69, 9.17) is 4.74 Å². The molecule has 12 heteroatoms. The van der Waals surface area contributed by atoms with Crippen LogP contribution in [0.3, 0.4) is 0 Å². The lowest BCUT2D eigenvalue weighted by Crippen LogP contribution is -2.50. The summed E-state index contributed by atoms with van der Waals surface area (Å²) >= 11 is 0. The van der Waals surface area contributed by atoms with E-state index >= 15 is 0 Å². The van der Waals surface area contributed by atoms with Crippen LogP contribution in [-0.2, 0) is 10.0 Å². The predicted molar refractivity (Wildman–Crippen MR) is 123 cm³/mol. The van der Waals surface area contributed by atoms with Crippen molar-refractivity contribution in [2.24, 2.45) is 0 Å². The van der Waals surface area contributed by atoms with Gasteiger partial charge in [0.05, 0.1) is 22.6 Å². The van der Waals surface area contributed by atoms with Crippen LogP contribution in [0.25, 0.3) is 5.69 Å². The minimum atomic E-state index is -3.98. The van der Waals surface area contributed by atoms with Crippen LogP contribution in [-0.4, -0.2) is 71.5 Å². The van der Waals surface area contributed by atoms with Gasteiger partial charge in [-0.15, -0.1) is 0 Å². The van der Waals surface area contributed by atoms with Crippen LogP contribution < -0.4 is 4.74 Å². The fourth-order valence-electron chi connectivity index (χ4n) is 3.83. The molecule has 0 unspecified atom stereocenters. The Morgan fingerprint density at radius 3 is 2.35 bits per heavy atom. The SMILES string of the molecule is COc1ccc(S(=O)(=O)N2CCN(C(=O)c3cc(C)n(-c4ccccc4)n3)CC2)cc1[N+](=O)[O-]. The molecule has 178 valence electrons. The monoisotopic (exact) mass is 485 g/mol. The van der Waals surface area contributed by atoms with Crippen LogP contribution in [0, 0.1) is 17.0 Å². The van der Waals surface area contributed by atoms with Gasteiger partial charge in [-0.05, 0) is 37.3 Å². The number of sulfonamides is 1. The van der Waals surface area contributed by atoms with Gasteiger partial charge in [-0.3, -0.25) is 14.9 Å². The van der Waals surface area contributed by atoms with Gasteiger partial charge in [0, 0.05) is 37.9 Å². The smallest absolute Gasteiger partial charge is 0.312 e. The number of nitro groups is 1. The Bertz CT molecular complexity index is 1330. The van der Waals surface area contributed by atoms with Gasteiger partial charge in [-0.25, -0.2) is 13.1 Å². The van der Waals surface area contributed by atoms with Crippen molar-refractivity contribution < 1.29 is 22.9 Å². The molecule has 4 rings (SSSR count). The number of hydrogen-bond donors (Lipinski definition) is 0. The largest absolute Gasteiger partial charge is 0.490 e. The molecule has 34 heavy (non-hydrogen) atoms. The van der Waals surface area contributed by atoms with Gasteiger partial charge >= 0.3 is 5.69 Å². The van der Waals surface area contributed by atoms with Crippen molar-refractivity contribution in [3.05, 3.63) is 76.1 Å². The molecule has 1 fully saturated rings. The second-order valence-corrected chi connectivity index (χ2v) is 9.64. The zero-order valence-corrected chi connectivity index (χ0v) is 19.4. The Labute approximate surface area is 196 Å². The van der Waals surface area contributed by atoms with Crippen molar-refractivity contribution in [2.45, 2.75) is 11.8 Å². The lowest BCUT2D eigenvalue weighted by atomic mass is 10.3. The molecule has 0 N–H and O–H groups in total.